The maximum absolute atomic E-state index is 10.9. The molecule has 2 atom stereocenters. The van der Waals surface area contributed by atoms with Gasteiger partial charge in [0.05, 0.1) is 17.6 Å². The third-order valence-corrected chi connectivity index (χ3v) is 3.83. The molecule has 0 aromatic heterocycles. The number of nitrogens with zero attached hydrogens (tertiary/aromatic N) is 2. The second kappa shape index (κ2) is 7.49. The van der Waals surface area contributed by atoms with E-state index in [-0.39, 0.29) is 22.8 Å². The summed E-state index contributed by atoms with van der Waals surface area (Å²) in [7, 11) is 2.09. The summed E-state index contributed by atoms with van der Waals surface area (Å²) in [5.41, 5.74) is 1.09. The van der Waals surface area contributed by atoms with Crippen molar-refractivity contribution in [3.8, 4) is 0 Å². The minimum atomic E-state index is -0.352. The van der Waals surface area contributed by atoms with Crippen molar-refractivity contribution < 1.29 is 9.66 Å². The third kappa shape index (κ3) is 4.49. The highest BCUT2D eigenvalue weighted by atomic mass is 16.6. The van der Waals surface area contributed by atoms with Gasteiger partial charge in [0.2, 0.25) is 0 Å². The number of rotatable bonds is 6. The highest BCUT2D eigenvalue weighted by molar-refractivity contribution is 5.35. The highest BCUT2D eigenvalue weighted by Gasteiger charge is 2.19. The summed E-state index contributed by atoms with van der Waals surface area (Å²) in [5, 5.41) is 14.3. The van der Waals surface area contributed by atoms with Gasteiger partial charge in [-0.15, -0.1) is 0 Å². The number of nitro benzene ring substituents is 1. The molecule has 1 aliphatic heterocycles. The number of morpholine rings is 1. The van der Waals surface area contributed by atoms with E-state index in [1.807, 2.05) is 6.07 Å². The largest absolute Gasteiger partial charge is 0.374 e. The van der Waals surface area contributed by atoms with Gasteiger partial charge in [0.15, 0.2) is 0 Å². The fraction of sp³-hybridized carbons (Fsp3) is 0.600. The van der Waals surface area contributed by atoms with Crippen molar-refractivity contribution in [2.75, 3.05) is 33.3 Å². The molecule has 0 radical (unpaired) electrons. The summed E-state index contributed by atoms with van der Waals surface area (Å²) in [6.07, 6.45) is 1.06. The number of likely N-dealkylation sites (N-methyl/N-ethyl adjacent to an activating group) is 1. The Kier molecular flexibility index (Phi) is 5.67. The standard InChI is InChI=1S/C15H23N3O3/c1-3-15(12-5-4-6-13(9-12)18(19)20)16-10-14-11-17(2)7-8-21-14/h4-6,9,14-16H,3,7-8,10-11H2,1-2H3. The fourth-order valence-corrected chi connectivity index (χ4v) is 2.62. The molecule has 1 saturated heterocycles. The van der Waals surface area contributed by atoms with Gasteiger partial charge >= 0.3 is 0 Å². The molecule has 1 aliphatic rings. The summed E-state index contributed by atoms with van der Waals surface area (Å²) < 4.78 is 5.73. The Bertz CT molecular complexity index is 481. The number of nitro groups is 1. The van der Waals surface area contributed by atoms with Crippen LogP contribution in [0.2, 0.25) is 0 Å². The molecule has 1 aromatic rings. The second-order valence-corrected chi connectivity index (χ2v) is 5.48. The van der Waals surface area contributed by atoms with Gasteiger partial charge in [0.25, 0.3) is 5.69 Å². The van der Waals surface area contributed by atoms with E-state index in [0.717, 1.165) is 38.2 Å². The van der Waals surface area contributed by atoms with Crippen molar-refractivity contribution in [2.24, 2.45) is 0 Å². The molecule has 0 bridgehead atoms. The number of hydrogen-bond acceptors (Lipinski definition) is 5. The summed E-state index contributed by atoms with van der Waals surface area (Å²) in [5.74, 6) is 0. The molecule has 116 valence electrons. The van der Waals surface area contributed by atoms with Crippen LogP contribution in [0.5, 0.6) is 0 Å². The Hall–Kier alpha value is -1.50. The van der Waals surface area contributed by atoms with Gasteiger partial charge in [-0.3, -0.25) is 10.1 Å². The van der Waals surface area contributed by atoms with Gasteiger partial charge in [-0.05, 0) is 19.0 Å². The van der Waals surface area contributed by atoms with Crippen LogP contribution < -0.4 is 5.32 Å². The Balaban J connectivity index is 1.96. The number of hydrogen-bond donors (Lipinski definition) is 1. The lowest BCUT2D eigenvalue weighted by molar-refractivity contribution is -0.384. The number of ether oxygens (including phenoxy) is 1. The number of benzene rings is 1. The third-order valence-electron chi connectivity index (χ3n) is 3.83. The zero-order valence-electron chi connectivity index (χ0n) is 12.6. The van der Waals surface area contributed by atoms with Crippen LogP contribution in [0, 0.1) is 10.1 Å². The first-order valence-corrected chi connectivity index (χ1v) is 7.38. The van der Waals surface area contributed by atoms with Gasteiger partial charge < -0.3 is 15.0 Å². The SMILES string of the molecule is CCC(NCC1CN(C)CCO1)c1cccc([N+](=O)[O-])c1. The van der Waals surface area contributed by atoms with Crippen molar-refractivity contribution >= 4 is 5.69 Å². The normalized spacial score (nSPS) is 21.1. The molecular formula is C15H23N3O3. The van der Waals surface area contributed by atoms with Crippen LogP contribution in [0.1, 0.15) is 24.9 Å². The highest BCUT2D eigenvalue weighted by Crippen LogP contribution is 2.21. The van der Waals surface area contributed by atoms with Gasteiger partial charge in [-0.25, -0.2) is 0 Å². The predicted octanol–water partition coefficient (Wildman–Crippen LogP) is 1.97. The first-order chi connectivity index (χ1) is 10.1. The van der Waals surface area contributed by atoms with Gasteiger partial charge in [-0.1, -0.05) is 19.1 Å². The Labute approximate surface area is 125 Å². The minimum absolute atomic E-state index is 0.112. The lowest BCUT2D eigenvalue weighted by atomic mass is 10.0. The maximum atomic E-state index is 10.9. The molecule has 1 aromatic carbocycles. The zero-order chi connectivity index (χ0) is 15.2. The van der Waals surface area contributed by atoms with Crippen molar-refractivity contribution in [3.05, 3.63) is 39.9 Å². The second-order valence-electron chi connectivity index (χ2n) is 5.48. The monoisotopic (exact) mass is 293 g/mol. The van der Waals surface area contributed by atoms with E-state index in [1.165, 1.54) is 6.07 Å². The molecule has 1 heterocycles. The van der Waals surface area contributed by atoms with E-state index in [0.29, 0.717) is 0 Å². The van der Waals surface area contributed by atoms with Crippen LogP contribution in [0.15, 0.2) is 24.3 Å². The average molecular weight is 293 g/mol. The Morgan fingerprint density at radius 2 is 2.38 bits per heavy atom. The quantitative estimate of drug-likeness (QED) is 0.641. The van der Waals surface area contributed by atoms with Crippen molar-refractivity contribution in [3.63, 3.8) is 0 Å². The average Bonchev–Trinajstić information content (AvgIpc) is 2.48. The molecular weight excluding hydrogens is 270 g/mol. The molecule has 0 saturated carbocycles. The van der Waals surface area contributed by atoms with Crippen molar-refractivity contribution in [1.29, 1.82) is 0 Å². The number of non-ortho nitro benzene ring substituents is 1. The molecule has 21 heavy (non-hydrogen) atoms. The lowest BCUT2D eigenvalue weighted by Crippen LogP contribution is -2.45. The van der Waals surface area contributed by atoms with Gasteiger partial charge in [0.1, 0.15) is 0 Å². The van der Waals surface area contributed by atoms with Crippen molar-refractivity contribution in [1.82, 2.24) is 10.2 Å². The van der Waals surface area contributed by atoms with E-state index >= 15 is 0 Å². The fourth-order valence-electron chi connectivity index (χ4n) is 2.62. The first kappa shape index (κ1) is 15.9. The molecule has 1 fully saturated rings. The van der Waals surface area contributed by atoms with Crippen LogP contribution in [-0.4, -0.2) is 49.2 Å². The summed E-state index contributed by atoms with van der Waals surface area (Å²) in [6, 6.07) is 6.95. The molecule has 6 heteroatoms. The van der Waals surface area contributed by atoms with E-state index in [9.17, 15) is 10.1 Å². The van der Waals surface area contributed by atoms with Crippen LogP contribution in [0.3, 0.4) is 0 Å². The van der Waals surface area contributed by atoms with E-state index < -0.39 is 0 Å². The summed E-state index contributed by atoms with van der Waals surface area (Å²) in [6.45, 7) is 5.48. The molecule has 0 spiro atoms. The lowest BCUT2D eigenvalue weighted by Gasteiger charge is -2.31. The van der Waals surface area contributed by atoms with Crippen molar-refractivity contribution in [2.45, 2.75) is 25.5 Å². The van der Waals surface area contributed by atoms with E-state index in [1.54, 1.807) is 12.1 Å². The summed E-state index contributed by atoms with van der Waals surface area (Å²) >= 11 is 0. The maximum Gasteiger partial charge on any atom is 0.269 e. The zero-order valence-corrected chi connectivity index (χ0v) is 12.6. The summed E-state index contributed by atoms with van der Waals surface area (Å²) in [4.78, 5) is 12.8. The topological polar surface area (TPSA) is 67.6 Å². The van der Waals surface area contributed by atoms with E-state index in [4.69, 9.17) is 4.74 Å². The predicted molar refractivity (Wildman–Crippen MR) is 81.4 cm³/mol. The smallest absolute Gasteiger partial charge is 0.269 e. The molecule has 2 rings (SSSR count). The van der Waals surface area contributed by atoms with Crippen LogP contribution in [0.25, 0.3) is 0 Å². The molecule has 0 amide bonds. The molecule has 1 N–H and O–H groups in total. The molecule has 6 nitrogen and oxygen atoms in total. The van der Waals surface area contributed by atoms with Gasteiger partial charge in [-0.2, -0.15) is 0 Å². The molecule has 0 aliphatic carbocycles. The van der Waals surface area contributed by atoms with Gasteiger partial charge in [0, 0.05) is 37.8 Å². The van der Waals surface area contributed by atoms with Crippen LogP contribution >= 0.6 is 0 Å². The Morgan fingerprint density at radius 3 is 3.05 bits per heavy atom. The Morgan fingerprint density at radius 1 is 1.57 bits per heavy atom. The van der Waals surface area contributed by atoms with Crippen LogP contribution in [-0.2, 0) is 4.74 Å². The first-order valence-electron chi connectivity index (χ1n) is 7.38. The van der Waals surface area contributed by atoms with E-state index in [2.05, 4.69) is 24.2 Å². The number of nitrogens with one attached hydrogen (secondary N) is 1. The molecule has 2 unspecified atom stereocenters. The van der Waals surface area contributed by atoms with Crippen LogP contribution in [0.4, 0.5) is 5.69 Å². The minimum Gasteiger partial charge on any atom is -0.374 e.